The molecule has 0 aliphatic rings. The number of carbonyl (C=O) groups excluding carboxylic acids is 1. The number of rotatable bonds is 7. The highest BCUT2D eigenvalue weighted by Crippen LogP contribution is 2.27. The van der Waals surface area contributed by atoms with Crippen molar-refractivity contribution in [3.05, 3.63) is 28.3 Å². The smallest absolute Gasteiger partial charge is 0.180 e. The second-order valence-corrected chi connectivity index (χ2v) is 4.82. The van der Waals surface area contributed by atoms with Gasteiger partial charge >= 0.3 is 0 Å². The number of ketones is 1. The lowest BCUT2D eigenvalue weighted by molar-refractivity contribution is 0.0933. The molecule has 19 heavy (non-hydrogen) atoms. The van der Waals surface area contributed by atoms with Crippen molar-refractivity contribution in [1.82, 2.24) is 4.90 Å². The summed E-state index contributed by atoms with van der Waals surface area (Å²) in [6.45, 7) is 10.5. The molecule has 0 saturated heterocycles. The van der Waals surface area contributed by atoms with Crippen LogP contribution in [0.1, 0.15) is 36.7 Å². The lowest BCUT2D eigenvalue weighted by Gasteiger charge is -2.18. The molecule has 0 aliphatic heterocycles. The molecule has 3 nitrogen and oxygen atoms in total. The highest BCUT2D eigenvalue weighted by atomic mass is 35.5. The first-order valence-corrected chi connectivity index (χ1v) is 7.09. The van der Waals surface area contributed by atoms with Gasteiger partial charge in [-0.15, -0.1) is 0 Å². The number of hydrogen-bond acceptors (Lipinski definition) is 3. The normalized spacial score (nSPS) is 10.8. The largest absolute Gasteiger partial charge is 0.493 e. The van der Waals surface area contributed by atoms with Gasteiger partial charge < -0.3 is 4.74 Å². The Balaban J connectivity index is 3.03. The predicted molar refractivity (Wildman–Crippen MR) is 79.5 cm³/mol. The van der Waals surface area contributed by atoms with Crippen LogP contribution in [0.2, 0.25) is 5.02 Å². The van der Waals surface area contributed by atoms with Crippen molar-refractivity contribution in [3.63, 3.8) is 0 Å². The molecule has 0 fully saturated rings. The fourth-order valence-corrected chi connectivity index (χ4v) is 2.05. The minimum atomic E-state index is 0.0500. The monoisotopic (exact) mass is 283 g/mol. The van der Waals surface area contributed by atoms with Crippen molar-refractivity contribution in [2.45, 2.75) is 27.7 Å². The fourth-order valence-electron chi connectivity index (χ4n) is 1.88. The highest BCUT2D eigenvalue weighted by Gasteiger charge is 2.16. The molecule has 0 saturated carbocycles. The molecular weight excluding hydrogens is 262 g/mol. The van der Waals surface area contributed by atoms with Crippen LogP contribution in [0, 0.1) is 6.92 Å². The number of likely N-dealkylation sites (N-methyl/N-ethyl adjacent to an activating group) is 1. The minimum Gasteiger partial charge on any atom is -0.493 e. The second kappa shape index (κ2) is 7.51. The summed E-state index contributed by atoms with van der Waals surface area (Å²) >= 11 is 6.11. The number of carbonyl (C=O) groups is 1. The van der Waals surface area contributed by atoms with Crippen LogP contribution >= 0.6 is 11.6 Å². The summed E-state index contributed by atoms with van der Waals surface area (Å²) in [6, 6.07) is 3.55. The van der Waals surface area contributed by atoms with Crippen molar-refractivity contribution >= 4 is 17.4 Å². The number of benzene rings is 1. The summed E-state index contributed by atoms with van der Waals surface area (Å²) in [5.41, 5.74) is 1.49. The first-order valence-electron chi connectivity index (χ1n) is 6.71. The summed E-state index contributed by atoms with van der Waals surface area (Å²) in [6.07, 6.45) is 0. The summed E-state index contributed by atoms with van der Waals surface area (Å²) in [4.78, 5) is 14.4. The third kappa shape index (κ3) is 4.22. The molecule has 4 heteroatoms. The van der Waals surface area contributed by atoms with E-state index in [0.29, 0.717) is 29.5 Å². The minimum absolute atomic E-state index is 0.0500. The predicted octanol–water partition coefficient (Wildman–Crippen LogP) is 3.57. The zero-order chi connectivity index (χ0) is 14.4. The van der Waals surface area contributed by atoms with E-state index in [1.54, 1.807) is 6.07 Å². The van der Waals surface area contributed by atoms with Crippen LogP contribution in [-0.2, 0) is 0 Å². The average Bonchev–Trinajstić information content (AvgIpc) is 2.39. The summed E-state index contributed by atoms with van der Waals surface area (Å²) in [5, 5.41) is 0.603. The maximum atomic E-state index is 12.4. The zero-order valence-electron chi connectivity index (χ0n) is 12.1. The molecule has 0 bridgehead atoms. The molecule has 1 aromatic carbocycles. The van der Waals surface area contributed by atoms with Gasteiger partial charge in [-0.1, -0.05) is 25.4 Å². The van der Waals surface area contributed by atoms with Crippen molar-refractivity contribution in [2.24, 2.45) is 0 Å². The molecule has 0 aromatic heterocycles. The third-order valence-electron chi connectivity index (χ3n) is 3.12. The summed E-state index contributed by atoms with van der Waals surface area (Å²) in [5.74, 6) is 0.676. The maximum absolute atomic E-state index is 12.4. The molecule has 0 radical (unpaired) electrons. The van der Waals surface area contributed by atoms with Gasteiger partial charge in [0, 0.05) is 5.02 Å². The Morgan fingerprint density at radius 2 is 1.89 bits per heavy atom. The van der Waals surface area contributed by atoms with Crippen LogP contribution < -0.4 is 4.74 Å². The Morgan fingerprint density at radius 1 is 1.26 bits per heavy atom. The first kappa shape index (κ1) is 16.0. The standard InChI is InChI=1S/C15H22ClNO2/c1-5-17(6-2)10-14(18)12-9-13(16)11(4)8-15(12)19-7-3/h8-9H,5-7,10H2,1-4H3. The third-order valence-corrected chi connectivity index (χ3v) is 3.53. The van der Waals surface area contributed by atoms with E-state index in [9.17, 15) is 4.79 Å². The van der Waals surface area contributed by atoms with Crippen LogP contribution in [0.15, 0.2) is 12.1 Å². The Kier molecular flexibility index (Phi) is 6.32. The van der Waals surface area contributed by atoms with Gasteiger partial charge in [-0.3, -0.25) is 9.69 Å². The van der Waals surface area contributed by atoms with Crippen molar-refractivity contribution in [1.29, 1.82) is 0 Å². The van der Waals surface area contributed by atoms with Gasteiger partial charge in [0.2, 0.25) is 0 Å². The molecule has 1 aromatic rings. The number of aryl methyl sites for hydroxylation is 1. The van der Waals surface area contributed by atoms with E-state index in [1.165, 1.54) is 0 Å². The van der Waals surface area contributed by atoms with Crippen LogP contribution in [0.3, 0.4) is 0 Å². The van der Waals surface area contributed by atoms with E-state index in [1.807, 2.05) is 33.8 Å². The number of hydrogen-bond donors (Lipinski definition) is 0. The lowest BCUT2D eigenvalue weighted by atomic mass is 10.1. The molecule has 106 valence electrons. The Bertz CT molecular complexity index is 442. The molecule has 0 spiro atoms. The van der Waals surface area contributed by atoms with E-state index in [-0.39, 0.29) is 5.78 Å². The maximum Gasteiger partial charge on any atom is 0.180 e. The SMILES string of the molecule is CCOc1cc(C)c(Cl)cc1C(=O)CN(CC)CC. The van der Waals surface area contributed by atoms with Crippen LogP contribution in [0.25, 0.3) is 0 Å². The van der Waals surface area contributed by atoms with Crippen LogP contribution in [0.5, 0.6) is 5.75 Å². The van der Waals surface area contributed by atoms with E-state index in [2.05, 4.69) is 4.90 Å². The lowest BCUT2D eigenvalue weighted by Crippen LogP contribution is -2.29. The molecule has 0 atom stereocenters. The molecular formula is C15H22ClNO2. The van der Waals surface area contributed by atoms with Gasteiger partial charge in [-0.25, -0.2) is 0 Å². The van der Waals surface area contributed by atoms with Crippen molar-refractivity contribution in [2.75, 3.05) is 26.2 Å². The number of halogens is 1. The van der Waals surface area contributed by atoms with Gasteiger partial charge in [0.1, 0.15) is 5.75 Å². The quantitative estimate of drug-likeness (QED) is 0.717. The van der Waals surface area contributed by atoms with Gasteiger partial charge in [-0.2, -0.15) is 0 Å². The summed E-state index contributed by atoms with van der Waals surface area (Å²) < 4.78 is 5.54. The fraction of sp³-hybridized carbons (Fsp3) is 0.533. The zero-order valence-corrected chi connectivity index (χ0v) is 12.9. The molecule has 1 rings (SSSR count). The van der Waals surface area contributed by atoms with E-state index in [4.69, 9.17) is 16.3 Å². The molecule has 0 aliphatic carbocycles. The van der Waals surface area contributed by atoms with Gasteiger partial charge in [-0.05, 0) is 44.6 Å². The van der Waals surface area contributed by atoms with E-state index < -0.39 is 0 Å². The van der Waals surface area contributed by atoms with Gasteiger partial charge in [0.25, 0.3) is 0 Å². The van der Waals surface area contributed by atoms with Crippen LogP contribution in [0.4, 0.5) is 0 Å². The molecule has 0 unspecified atom stereocenters. The van der Waals surface area contributed by atoms with Crippen molar-refractivity contribution < 1.29 is 9.53 Å². The average molecular weight is 284 g/mol. The Labute approximate surface area is 120 Å². The number of nitrogens with zero attached hydrogens (tertiary/aromatic N) is 1. The van der Waals surface area contributed by atoms with Crippen LogP contribution in [-0.4, -0.2) is 36.9 Å². The Morgan fingerprint density at radius 3 is 2.42 bits per heavy atom. The second-order valence-electron chi connectivity index (χ2n) is 4.42. The van der Waals surface area contributed by atoms with Gasteiger partial charge in [0.05, 0.1) is 18.7 Å². The number of Topliss-reactive ketones (excluding diaryl/α,β-unsaturated/α-hetero) is 1. The van der Waals surface area contributed by atoms with Crippen molar-refractivity contribution in [3.8, 4) is 5.75 Å². The van der Waals surface area contributed by atoms with E-state index in [0.717, 1.165) is 18.7 Å². The topological polar surface area (TPSA) is 29.5 Å². The highest BCUT2D eigenvalue weighted by molar-refractivity contribution is 6.31. The molecule has 0 N–H and O–H groups in total. The Hall–Kier alpha value is -1.06. The van der Waals surface area contributed by atoms with Gasteiger partial charge in [0.15, 0.2) is 5.78 Å². The first-order chi connectivity index (χ1) is 9.03. The molecule has 0 heterocycles. The number of ether oxygens (including phenoxy) is 1. The molecule has 0 amide bonds. The summed E-state index contributed by atoms with van der Waals surface area (Å²) in [7, 11) is 0. The van der Waals surface area contributed by atoms with E-state index >= 15 is 0 Å².